The molecule has 0 unspecified atom stereocenters. The number of esters is 1. The van der Waals surface area contributed by atoms with E-state index in [1.165, 1.54) is 19.1 Å². The van der Waals surface area contributed by atoms with Crippen molar-refractivity contribution < 1.29 is 18.7 Å². The van der Waals surface area contributed by atoms with Crippen LogP contribution in [0.15, 0.2) is 48.5 Å². The standard InChI is InChI=1S/C19H17FN2O3/c1-13(19(24)22-17-9-4-15(12-21)5-10-17)25-18(23)11-6-14-2-7-16(20)8-3-14/h2-5,7-10,13H,6,11H2,1H3,(H,22,24)/t13-/m1/s1. The maximum Gasteiger partial charge on any atom is 0.306 e. The Bertz CT molecular complexity index is 780. The van der Waals surface area contributed by atoms with Gasteiger partial charge in [-0.2, -0.15) is 5.26 Å². The molecular formula is C19H17FN2O3. The van der Waals surface area contributed by atoms with Crippen LogP contribution in [0.25, 0.3) is 0 Å². The second-order valence-corrected chi connectivity index (χ2v) is 5.44. The van der Waals surface area contributed by atoms with Crippen molar-refractivity contribution in [2.45, 2.75) is 25.9 Å². The number of amides is 1. The van der Waals surface area contributed by atoms with E-state index in [1.807, 2.05) is 6.07 Å². The van der Waals surface area contributed by atoms with Gasteiger partial charge in [0.1, 0.15) is 5.82 Å². The first-order chi connectivity index (χ1) is 12.0. The summed E-state index contributed by atoms with van der Waals surface area (Å²) in [5, 5.41) is 11.3. The number of rotatable bonds is 6. The van der Waals surface area contributed by atoms with Gasteiger partial charge in [-0.1, -0.05) is 12.1 Å². The predicted molar refractivity (Wildman–Crippen MR) is 90.1 cm³/mol. The number of nitrogens with zero attached hydrogens (tertiary/aromatic N) is 1. The molecule has 0 heterocycles. The molecule has 0 aliphatic rings. The number of benzene rings is 2. The van der Waals surface area contributed by atoms with Gasteiger partial charge in [-0.05, 0) is 55.3 Å². The molecular weight excluding hydrogens is 323 g/mol. The predicted octanol–water partition coefficient (Wildman–Crippen LogP) is 3.20. The molecule has 2 aromatic carbocycles. The lowest BCUT2D eigenvalue weighted by Gasteiger charge is -2.13. The highest BCUT2D eigenvalue weighted by atomic mass is 19.1. The molecule has 2 rings (SSSR count). The summed E-state index contributed by atoms with van der Waals surface area (Å²) < 4.78 is 17.9. The van der Waals surface area contributed by atoms with Crippen LogP contribution in [-0.4, -0.2) is 18.0 Å². The Balaban J connectivity index is 1.80. The Hall–Kier alpha value is -3.20. The lowest BCUT2D eigenvalue weighted by molar-refractivity contribution is -0.153. The SMILES string of the molecule is C[C@@H](OC(=O)CCc1ccc(F)cc1)C(=O)Nc1ccc(C#N)cc1. The quantitative estimate of drug-likeness (QED) is 0.819. The fourth-order valence-electron chi connectivity index (χ4n) is 2.08. The smallest absolute Gasteiger partial charge is 0.306 e. The van der Waals surface area contributed by atoms with Crippen molar-refractivity contribution in [2.24, 2.45) is 0 Å². The van der Waals surface area contributed by atoms with Gasteiger partial charge >= 0.3 is 5.97 Å². The molecule has 0 aromatic heterocycles. The maximum absolute atomic E-state index is 12.8. The number of hydrogen-bond donors (Lipinski definition) is 1. The molecule has 25 heavy (non-hydrogen) atoms. The lowest BCUT2D eigenvalue weighted by atomic mass is 10.1. The lowest BCUT2D eigenvalue weighted by Crippen LogP contribution is -2.30. The van der Waals surface area contributed by atoms with E-state index in [0.717, 1.165) is 5.56 Å². The molecule has 0 saturated carbocycles. The van der Waals surface area contributed by atoms with Crippen LogP contribution in [0.3, 0.4) is 0 Å². The molecule has 6 heteroatoms. The summed E-state index contributed by atoms with van der Waals surface area (Å²) in [5.74, 6) is -1.30. The highest BCUT2D eigenvalue weighted by Gasteiger charge is 2.17. The van der Waals surface area contributed by atoms with Crippen molar-refractivity contribution in [3.05, 3.63) is 65.5 Å². The Morgan fingerprint density at radius 3 is 2.40 bits per heavy atom. The molecule has 0 bridgehead atoms. The monoisotopic (exact) mass is 340 g/mol. The number of ether oxygens (including phenoxy) is 1. The van der Waals surface area contributed by atoms with E-state index in [9.17, 15) is 14.0 Å². The molecule has 0 aliphatic heterocycles. The van der Waals surface area contributed by atoms with Crippen molar-refractivity contribution in [2.75, 3.05) is 5.32 Å². The normalized spacial score (nSPS) is 11.2. The largest absolute Gasteiger partial charge is 0.453 e. The van der Waals surface area contributed by atoms with Gasteiger partial charge in [-0.15, -0.1) is 0 Å². The van der Waals surface area contributed by atoms with Crippen molar-refractivity contribution in [3.63, 3.8) is 0 Å². The molecule has 1 atom stereocenters. The zero-order chi connectivity index (χ0) is 18.2. The molecule has 5 nitrogen and oxygen atoms in total. The van der Waals surface area contributed by atoms with Crippen LogP contribution in [0.2, 0.25) is 0 Å². The van der Waals surface area contributed by atoms with Crippen LogP contribution in [0.1, 0.15) is 24.5 Å². The highest BCUT2D eigenvalue weighted by molar-refractivity contribution is 5.95. The molecule has 0 fully saturated rings. The molecule has 0 saturated heterocycles. The molecule has 0 radical (unpaired) electrons. The second kappa shape index (κ2) is 8.60. The van der Waals surface area contributed by atoms with Crippen LogP contribution in [0, 0.1) is 17.1 Å². The van der Waals surface area contributed by atoms with Gasteiger partial charge in [0.15, 0.2) is 6.10 Å². The van der Waals surface area contributed by atoms with E-state index in [2.05, 4.69) is 5.32 Å². The highest BCUT2D eigenvalue weighted by Crippen LogP contribution is 2.11. The number of anilines is 1. The zero-order valence-electron chi connectivity index (χ0n) is 13.7. The number of hydrogen-bond acceptors (Lipinski definition) is 4. The Kier molecular flexibility index (Phi) is 6.24. The zero-order valence-corrected chi connectivity index (χ0v) is 13.7. The van der Waals surface area contributed by atoms with Gasteiger partial charge in [-0.25, -0.2) is 4.39 Å². The maximum atomic E-state index is 12.8. The molecule has 128 valence electrons. The number of nitrogens with one attached hydrogen (secondary N) is 1. The Morgan fingerprint density at radius 1 is 1.16 bits per heavy atom. The van der Waals surface area contributed by atoms with Crippen LogP contribution in [-0.2, 0) is 20.7 Å². The number of nitriles is 1. The van der Waals surface area contributed by atoms with Gasteiger partial charge in [0, 0.05) is 12.1 Å². The van der Waals surface area contributed by atoms with E-state index in [4.69, 9.17) is 10.00 Å². The van der Waals surface area contributed by atoms with E-state index in [1.54, 1.807) is 36.4 Å². The van der Waals surface area contributed by atoms with Crippen LogP contribution in [0.4, 0.5) is 10.1 Å². The second-order valence-electron chi connectivity index (χ2n) is 5.44. The van der Waals surface area contributed by atoms with Gasteiger partial charge < -0.3 is 10.1 Å². The van der Waals surface area contributed by atoms with E-state index >= 15 is 0 Å². The average molecular weight is 340 g/mol. The van der Waals surface area contributed by atoms with Crippen molar-refractivity contribution >= 4 is 17.6 Å². The van der Waals surface area contributed by atoms with Crippen LogP contribution >= 0.6 is 0 Å². The summed E-state index contributed by atoms with van der Waals surface area (Å²) in [6.07, 6.45) is -0.445. The first-order valence-electron chi connectivity index (χ1n) is 7.73. The molecule has 1 amide bonds. The minimum absolute atomic E-state index is 0.0973. The fourth-order valence-corrected chi connectivity index (χ4v) is 2.08. The average Bonchev–Trinajstić information content (AvgIpc) is 2.61. The van der Waals surface area contributed by atoms with Gasteiger partial charge in [0.05, 0.1) is 11.6 Å². The van der Waals surface area contributed by atoms with Gasteiger partial charge in [0.25, 0.3) is 5.91 Å². The van der Waals surface area contributed by atoms with E-state index < -0.39 is 18.0 Å². The third kappa shape index (κ3) is 5.74. The third-order valence-corrected chi connectivity index (χ3v) is 3.49. The summed E-state index contributed by atoms with van der Waals surface area (Å²) in [6.45, 7) is 1.48. The summed E-state index contributed by atoms with van der Waals surface area (Å²) >= 11 is 0. The Morgan fingerprint density at radius 2 is 1.80 bits per heavy atom. The van der Waals surface area contributed by atoms with Crippen molar-refractivity contribution in [1.82, 2.24) is 0 Å². The summed E-state index contributed by atoms with van der Waals surface area (Å²) in [6, 6.07) is 14.2. The third-order valence-electron chi connectivity index (χ3n) is 3.49. The van der Waals surface area contributed by atoms with E-state index in [-0.39, 0.29) is 12.2 Å². The van der Waals surface area contributed by atoms with Gasteiger partial charge in [0.2, 0.25) is 0 Å². The summed E-state index contributed by atoms with van der Waals surface area (Å²) in [5.41, 5.74) is 1.81. The molecule has 0 aliphatic carbocycles. The first-order valence-corrected chi connectivity index (χ1v) is 7.73. The molecule has 0 spiro atoms. The molecule has 1 N–H and O–H groups in total. The minimum Gasteiger partial charge on any atom is -0.453 e. The van der Waals surface area contributed by atoms with E-state index in [0.29, 0.717) is 17.7 Å². The first kappa shape index (κ1) is 18.1. The minimum atomic E-state index is -0.948. The summed E-state index contributed by atoms with van der Waals surface area (Å²) in [7, 11) is 0. The number of carbonyl (C=O) groups excluding carboxylic acids is 2. The van der Waals surface area contributed by atoms with Crippen LogP contribution < -0.4 is 5.32 Å². The van der Waals surface area contributed by atoms with Crippen molar-refractivity contribution in [3.8, 4) is 6.07 Å². The fraction of sp³-hybridized carbons (Fsp3) is 0.211. The number of halogens is 1. The molecule has 2 aromatic rings. The summed E-state index contributed by atoms with van der Waals surface area (Å²) in [4.78, 5) is 23.8. The number of aryl methyl sites for hydroxylation is 1. The number of carbonyl (C=O) groups is 2. The van der Waals surface area contributed by atoms with Crippen molar-refractivity contribution in [1.29, 1.82) is 5.26 Å². The topological polar surface area (TPSA) is 79.2 Å². The van der Waals surface area contributed by atoms with Gasteiger partial charge in [-0.3, -0.25) is 9.59 Å². The Labute approximate surface area is 145 Å². The van der Waals surface area contributed by atoms with Crippen LogP contribution in [0.5, 0.6) is 0 Å².